The van der Waals surface area contributed by atoms with Crippen LogP contribution in [0.4, 0.5) is 4.79 Å². The molecule has 1 aromatic rings. The SMILES string of the molecule is COCCN1CC(=O)N([C@H](c2ccccc2)C(C)(C)C)C1=O. The fraction of sp³-hybridized carbons (Fsp3) is 0.529. The van der Waals surface area contributed by atoms with Crippen LogP contribution >= 0.6 is 0 Å². The Morgan fingerprint density at radius 2 is 1.82 bits per heavy atom. The van der Waals surface area contributed by atoms with Gasteiger partial charge in [0.2, 0.25) is 0 Å². The normalized spacial score (nSPS) is 17.3. The van der Waals surface area contributed by atoms with Gasteiger partial charge in [-0.25, -0.2) is 4.79 Å². The van der Waals surface area contributed by atoms with Crippen LogP contribution in [0.3, 0.4) is 0 Å². The molecule has 5 nitrogen and oxygen atoms in total. The largest absolute Gasteiger partial charge is 0.383 e. The van der Waals surface area contributed by atoms with Gasteiger partial charge in [0.25, 0.3) is 5.91 Å². The first-order chi connectivity index (χ1) is 10.4. The number of hydrogen-bond acceptors (Lipinski definition) is 3. The molecule has 0 saturated carbocycles. The Labute approximate surface area is 131 Å². The quantitative estimate of drug-likeness (QED) is 0.786. The zero-order valence-electron chi connectivity index (χ0n) is 13.7. The summed E-state index contributed by atoms with van der Waals surface area (Å²) in [5.41, 5.74) is 0.731. The minimum absolute atomic E-state index is 0.127. The molecule has 1 aromatic carbocycles. The predicted octanol–water partition coefficient (Wildman–Crippen LogP) is 2.68. The van der Waals surface area contributed by atoms with E-state index in [1.54, 1.807) is 12.0 Å². The lowest BCUT2D eigenvalue weighted by Crippen LogP contribution is -2.42. The molecule has 0 aliphatic carbocycles. The number of nitrogens with zero attached hydrogens (tertiary/aromatic N) is 2. The Morgan fingerprint density at radius 1 is 1.18 bits per heavy atom. The lowest BCUT2D eigenvalue weighted by molar-refractivity contribution is -0.128. The lowest BCUT2D eigenvalue weighted by atomic mass is 9.81. The Balaban J connectivity index is 2.32. The minimum atomic E-state index is -0.277. The molecule has 1 atom stereocenters. The molecule has 1 fully saturated rings. The van der Waals surface area contributed by atoms with Gasteiger partial charge in [-0.3, -0.25) is 9.69 Å². The third kappa shape index (κ3) is 3.30. The summed E-state index contributed by atoms with van der Waals surface area (Å²) >= 11 is 0. The zero-order chi connectivity index (χ0) is 16.3. The van der Waals surface area contributed by atoms with Crippen LogP contribution in [0.1, 0.15) is 32.4 Å². The molecule has 3 amide bonds. The molecule has 0 radical (unpaired) electrons. The number of hydrogen-bond donors (Lipinski definition) is 0. The summed E-state index contributed by atoms with van der Waals surface area (Å²) in [4.78, 5) is 28.1. The molecule has 0 spiro atoms. The number of ether oxygens (including phenoxy) is 1. The van der Waals surface area contributed by atoms with Crippen molar-refractivity contribution in [1.82, 2.24) is 9.80 Å². The first-order valence-corrected chi connectivity index (χ1v) is 7.51. The summed E-state index contributed by atoms with van der Waals surface area (Å²) in [7, 11) is 1.59. The number of benzene rings is 1. The van der Waals surface area contributed by atoms with Gasteiger partial charge in [0.1, 0.15) is 6.54 Å². The molecule has 0 aromatic heterocycles. The van der Waals surface area contributed by atoms with E-state index in [-0.39, 0.29) is 29.9 Å². The van der Waals surface area contributed by atoms with Gasteiger partial charge in [-0.15, -0.1) is 0 Å². The number of carbonyl (C=O) groups excluding carboxylic acids is 2. The van der Waals surface area contributed by atoms with Crippen LogP contribution in [-0.2, 0) is 9.53 Å². The Morgan fingerprint density at radius 3 is 2.36 bits per heavy atom. The van der Waals surface area contributed by atoms with Gasteiger partial charge in [-0.1, -0.05) is 51.1 Å². The highest BCUT2D eigenvalue weighted by Gasteiger charge is 2.45. The van der Waals surface area contributed by atoms with Crippen molar-refractivity contribution in [2.75, 3.05) is 26.8 Å². The molecule has 0 unspecified atom stereocenters. The third-order valence-electron chi connectivity index (χ3n) is 3.83. The Hall–Kier alpha value is -1.88. The van der Waals surface area contributed by atoms with Crippen LogP contribution in [-0.4, -0.2) is 48.5 Å². The predicted molar refractivity (Wildman–Crippen MR) is 84.3 cm³/mol. The van der Waals surface area contributed by atoms with Gasteiger partial charge < -0.3 is 9.64 Å². The second-order valence-electron chi connectivity index (χ2n) is 6.64. The molecule has 22 heavy (non-hydrogen) atoms. The maximum atomic E-state index is 12.7. The van der Waals surface area contributed by atoms with Crippen molar-refractivity contribution in [3.63, 3.8) is 0 Å². The van der Waals surface area contributed by atoms with Crippen molar-refractivity contribution in [1.29, 1.82) is 0 Å². The standard InChI is InChI=1S/C17H24N2O3/c1-17(2,3)15(13-8-6-5-7-9-13)19-14(20)12-18(16(19)21)10-11-22-4/h5-9,15H,10-12H2,1-4H3/t15-/m1/s1. The molecule has 5 heteroatoms. The van der Waals surface area contributed by atoms with Crippen molar-refractivity contribution >= 4 is 11.9 Å². The highest BCUT2D eigenvalue weighted by Crippen LogP contribution is 2.40. The third-order valence-corrected chi connectivity index (χ3v) is 3.83. The van der Waals surface area contributed by atoms with E-state index < -0.39 is 0 Å². The maximum absolute atomic E-state index is 12.7. The summed E-state index contributed by atoms with van der Waals surface area (Å²) in [6.07, 6.45) is 0. The molecule has 0 N–H and O–H groups in total. The molecule has 1 heterocycles. The molecule has 2 rings (SSSR count). The van der Waals surface area contributed by atoms with Gasteiger partial charge in [0.15, 0.2) is 0 Å². The average molecular weight is 304 g/mol. The molecular weight excluding hydrogens is 280 g/mol. The number of amides is 3. The number of imide groups is 1. The zero-order valence-corrected chi connectivity index (χ0v) is 13.7. The van der Waals surface area contributed by atoms with E-state index >= 15 is 0 Å². The average Bonchev–Trinajstić information content (AvgIpc) is 2.73. The smallest absolute Gasteiger partial charge is 0.327 e. The maximum Gasteiger partial charge on any atom is 0.327 e. The highest BCUT2D eigenvalue weighted by atomic mass is 16.5. The van der Waals surface area contributed by atoms with E-state index in [1.165, 1.54) is 4.90 Å². The lowest BCUT2D eigenvalue weighted by Gasteiger charge is -2.37. The van der Waals surface area contributed by atoms with Crippen LogP contribution in [0, 0.1) is 5.41 Å². The highest BCUT2D eigenvalue weighted by molar-refractivity contribution is 6.02. The topological polar surface area (TPSA) is 49.9 Å². The van der Waals surface area contributed by atoms with E-state index in [0.29, 0.717) is 13.2 Å². The summed E-state index contributed by atoms with van der Waals surface area (Å²) in [6, 6.07) is 9.22. The molecule has 120 valence electrons. The summed E-state index contributed by atoms with van der Waals surface area (Å²) in [5, 5.41) is 0. The van der Waals surface area contributed by atoms with Crippen molar-refractivity contribution in [2.24, 2.45) is 5.41 Å². The fourth-order valence-corrected chi connectivity index (χ4v) is 2.87. The Bertz CT molecular complexity index is 537. The van der Waals surface area contributed by atoms with Gasteiger partial charge in [-0.05, 0) is 11.0 Å². The van der Waals surface area contributed by atoms with Gasteiger partial charge in [0, 0.05) is 13.7 Å². The first-order valence-electron chi connectivity index (χ1n) is 7.51. The van der Waals surface area contributed by atoms with E-state index in [4.69, 9.17) is 4.74 Å². The van der Waals surface area contributed by atoms with E-state index in [0.717, 1.165) is 5.56 Å². The number of urea groups is 1. The van der Waals surface area contributed by atoms with Crippen LogP contribution in [0.2, 0.25) is 0 Å². The summed E-state index contributed by atoms with van der Waals surface area (Å²) < 4.78 is 5.01. The summed E-state index contributed by atoms with van der Waals surface area (Å²) in [6.45, 7) is 7.12. The fourth-order valence-electron chi connectivity index (χ4n) is 2.87. The molecule has 0 bridgehead atoms. The van der Waals surface area contributed by atoms with E-state index in [2.05, 4.69) is 0 Å². The summed E-state index contributed by atoms with van der Waals surface area (Å²) in [5.74, 6) is -0.148. The molecule has 1 aliphatic rings. The van der Waals surface area contributed by atoms with Crippen molar-refractivity contribution in [2.45, 2.75) is 26.8 Å². The van der Waals surface area contributed by atoms with Crippen molar-refractivity contribution in [3.8, 4) is 0 Å². The monoisotopic (exact) mass is 304 g/mol. The molecular formula is C17H24N2O3. The van der Waals surface area contributed by atoms with Crippen LogP contribution in [0.25, 0.3) is 0 Å². The van der Waals surface area contributed by atoms with Gasteiger partial charge in [0.05, 0.1) is 12.6 Å². The second kappa shape index (κ2) is 6.48. The van der Waals surface area contributed by atoms with Crippen LogP contribution in [0.15, 0.2) is 30.3 Å². The number of carbonyl (C=O) groups is 2. The van der Waals surface area contributed by atoms with Gasteiger partial charge in [-0.2, -0.15) is 0 Å². The number of methoxy groups -OCH3 is 1. The van der Waals surface area contributed by atoms with Crippen LogP contribution < -0.4 is 0 Å². The van der Waals surface area contributed by atoms with Crippen molar-refractivity contribution < 1.29 is 14.3 Å². The molecule has 1 saturated heterocycles. The first kappa shape index (κ1) is 16.5. The molecule has 1 aliphatic heterocycles. The van der Waals surface area contributed by atoms with Gasteiger partial charge >= 0.3 is 6.03 Å². The second-order valence-corrected chi connectivity index (χ2v) is 6.64. The minimum Gasteiger partial charge on any atom is -0.383 e. The van der Waals surface area contributed by atoms with E-state index in [1.807, 2.05) is 51.1 Å². The van der Waals surface area contributed by atoms with Crippen LogP contribution in [0.5, 0.6) is 0 Å². The van der Waals surface area contributed by atoms with E-state index in [9.17, 15) is 9.59 Å². The van der Waals surface area contributed by atoms with Crippen molar-refractivity contribution in [3.05, 3.63) is 35.9 Å². The number of rotatable bonds is 5. The Kier molecular flexibility index (Phi) is 4.86.